The van der Waals surface area contributed by atoms with E-state index in [-0.39, 0.29) is 6.04 Å². The van der Waals surface area contributed by atoms with Crippen molar-refractivity contribution in [1.82, 2.24) is 0 Å². The smallest absolute Gasteiger partial charge is 0.177 e. The lowest BCUT2D eigenvalue weighted by molar-refractivity contribution is 0.602. The van der Waals surface area contributed by atoms with Crippen LogP contribution in [0.15, 0.2) is 29.2 Å². The summed E-state index contributed by atoms with van der Waals surface area (Å²) in [6.07, 6.45) is 1.19. The first-order chi connectivity index (χ1) is 6.91. The number of rotatable bonds is 4. The Morgan fingerprint density at radius 2 is 2.00 bits per heavy atom. The fourth-order valence-corrected chi connectivity index (χ4v) is 2.07. The SMILES string of the molecule is CC(N)CNc1ccccc1S(C)(=O)=O. The number of sulfone groups is 1. The summed E-state index contributed by atoms with van der Waals surface area (Å²) in [5, 5.41) is 3.02. The maximum Gasteiger partial charge on any atom is 0.177 e. The Morgan fingerprint density at radius 1 is 1.40 bits per heavy atom. The van der Waals surface area contributed by atoms with Crippen LogP contribution in [0.4, 0.5) is 5.69 Å². The molecule has 0 fully saturated rings. The summed E-state index contributed by atoms with van der Waals surface area (Å²) >= 11 is 0. The van der Waals surface area contributed by atoms with Gasteiger partial charge in [0.2, 0.25) is 0 Å². The van der Waals surface area contributed by atoms with Crippen molar-refractivity contribution in [3.63, 3.8) is 0 Å². The number of benzene rings is 1. The Kier molecular flexibility index (Phi) is 3.71. The summed E-state index contributed by atoms with van der Waals surface area (Å²) in [4.78, 5) is 0.311. The van der Waals surface area contributed by atoms with Gasteiger partial charge in [0, 0.05) is 18.8 Å². The molecule has 5 heteroatoms. The van der Waals surface area contributed by atoms with E-state index in [0.717, 1.165) is 0 Å². The van der Waals surface area contributed by atoms with E-state index in [1.807, 2.05) is 6.92 Å². The zero-order chi connectivity index (χ0) is 11.5. The van der Waals surface area contributed by atoms with Crippen molar-refractivity contribution in [2.75, 3.05) is 18.1 Å². The second kappa shape index (κ2) is 4.63. The quantitative estimate of drug-likeness (QED) is 0.801. The highest BCUT2D eigenvalue weighted by atomic mass is 32.2. The first kappa shape index (κ1) is 12.0. The van der Waals surface area contributed by atoms with Crippen LogP contribution in [-0.4, -0.2) is 27.3 Å². The number of nitrogens with two attached hydrogens (primary N) is 1. The van der Waals surface area contributed by atoms with Crippen LogP contribution in [0.25, 0.3) is 0 Å². The van der Waals surface area contributed by atoms with Gasteiger partial charge in [-0.2, -0.15) is 0 Å². The van der Waals surface area contributed by atoms with Crippen LogP contribution in [-0.2, 0) is 9.84 Å². The summed E-state index contributed by atoms with van der Waals surface area (Å²) in [7, 11) is -3.18. The highest BCUT2D eigenvalue weighted by Crippen LogP contribution is 2.20. The van der Waals surface area contributed by atoms with Gasteiger partial charge in [-0.3, -0.25) is 0 Å². The van der Waals surface area contributed by atoms with Crippen molar-refractivity contribution in [3.8, 4) is 0 Å². The van der Waals surface area contributed by atoms with E-state index in [1.165, 1.54) is 6.26 Å². The number of hydrogen-bond acceptors (Lipinski definition) is 4. The molecule has 0 aliphatic heterocycles. The van der Waals surface area contributed by atoms with E-state index in [4.69, 9.17) is 5.73 Å². The van der Waals surface area contributed by atoms with Crippen molar-refractivity contribution in [2.45, 2.75) is 17.9 Å². The molecular weight excluding hydrogens is 212 g/mol. The minimum absolute atomic E-state index is 0.0161. The van der Waals surface area contributed by atoms with E-state index < -0.39 is 9.84 Å². The molecule has 1 aromatic carbocycles. The first-order valence-corrected chi connectivity index (χ1v) is 6.59. The van der Waals surface area contributed by atoms with E-state index in [9.17, 15) is 8.42 Å². The number of anilines is 1. The lowest BCUT2D eigenvalue weighted by Gasteiger charge is -2.12. The minimum atomic E-state index is -3.18. The molecule has 84 valence electrons. The maximum atomic E-state index is 11.4. The van der Waals surface area contributed by atoms with Gasteiger partial charge in [0.1, 0.15) is 0 Å². The minimum Gasteiger partial charge on any atom is -0.382 e. The van der Waals surface area contributed by atoms with Crippen molar-refractivity contribution >= 4 is 15.5 Å². The van der Waals surface area contributed by atoms with Gasteiger partial charge in [-0.05, 0) is 19.1 Å². The van der Waals surface area contributed by atoms with Gasteiger partial charge in [-0.15, -0.1) is 0 Å². The second-order valence-corrected chi connectivity index (χ2v) is 5.61. The lowest BCUT2D eigenvalue weighted by Crippen LogP contribution is -2.25. The molecule has 0 spiro atoms. The van der Waals surface area contributed by atoms with Crippen molar-refractivity contribution in [1.29, 1.82) is 0 Å². The average molecular weight is 228 g/mol. The zero-order valence-electron chi connectivity index (χ0n) is 8.90. The summed E-state index contributed by atoms with van der Waals surface area (Å²) in [6.45, 7) is 2.41. The van der Waals surface area contributed by atoms with Crippen LogP contribution in [0.1, 0.15) is 6.92 Å². The molecule has 0 aliphatic rings. The molecule has 4 nitrogen and oxygen atoms in total. The normalized spacial score (nSPS) is 13.5. The molecule has 1 atom stereocenters. The fourth-order valence-electron chi connectivity index (χ4n) is 1.21. The van der Waals surface area contributed by atoms with E-state index in [1.54, 1.807) is 24.3 Å². The molecule has 0 amide bonds. The Morgan fingerprint density at radius 3 is 2.53 bits per heavy atom. The van der Waals surface area contributed by atoms with Gasteiger partial charge >= 0.3 is 0 Å². The third kappa shape index (κ3) is 3.53. The molecule has 0 bridgehead atoms. The van der Waals surface area contributed by atoms with Gasteiger partial charge < -0.3 is 11.1 Å². The summed E-state index contributed by atoms with van der Waals surface area (Å²) in [5.41, 5.74) is 6.20. The molecule has 1 aromatic rings. The molecule has 0 aromatic heterocycles. The number of para-hydroxylation sites is 1. The summed E-state index contributed by atoms with van der Waals surface area (Å²) < 4.78 is 22.9. The van der Waals surface area contributed by atoms with E-state index >= 15 is 0 Å². The molecule has 1 rings (SSSR count). The van der Waals surface area contributed by atoms with Gasteiger partial charge in [0.15, 0.2) is 9.84 Å². The van der Waals surface area contributed by atoms with Crippen LogP contribution in [0.5, 0.6) is 0 Å². The van der Waals surface area contributed by atoms with Gasteiger partial charge in [0.05, 0.1) is 10.6 Å². The molecule has 0 saturated carbocycles. The van der Waals surface area contributed by atoms with Crippen molar-refractivity contribution in [3.05, 3.63) is 24.3 Å². The molecule has 0 heterocycles. The molecule has 1 unspecified atom stereocenters. The highest BCUT2D eigenvalue weighted by molar-refractivity contribution is 7.90. The zero-order valence-corrected chi connectivity index (χ0v) is 9.71. The lowest BCUT2D eigenvalue weighted by atomic mass is 10.3. The van der Waals surface area contributed by atoms with Crippen LogP contribution in [0.2, 0.25) is 0 Å². The molecule has 0 saturated heterocycles. The topological polar surface area (TPSA) is 72.2 Å². The maximum absolute atomic E-state index is 11.4. The van der Waals surface area contributed by atoms with Crippen LogP contribution >= 0.6 is 0 Å². The molecule has 3 N–H and O–H groups in total. The summed E-state index contributed by atoms with van der Waals surface area (Å²) in [6, 6.07) is 6.79. The number of hydrogen-bond donors (Lipinski definition) is 2. The molecule has 0 radical (unpaired) electrons. The highest BCUT2D eigenvalue weighted by Gasteiger charge is 2.11. The fraction of sp³-hybridized carbons (Fsp3) is 0.400. The van der Waals surface area contributed by atoms with Crippen molar-refractivity contribution in [2.24, 2.45) is 5.73 Å². The van der Waals surface area contributed by atoms with E-state index in [2.05, 4.69) is 5.32 Å². The van der Waals surface area contributed by atoms with Crippen molar-refractivity contribution < 1.29 is 8.42 Å². The van der Waals surface area contributed by atoms with Crippen LogP contribution in [0, 0.1) is 0 Å². The van der Waals surface area contributed by atoms with Gasteiger partial charge in [0.25, 0.3) is 0 Å². The van der Waals surface area contributed by atoms with Crippen LogP contribution < -0.4 is 11.1 Å². The predicted molar refractivity (Wildman–Crippen MR) is 61.7 cm³/mol. The Bertz CT molecular complexity index is 427. The van der Waals surface area contributed by atoms with Gasteiger partial charge in [-0.1, -0.05) is 12.1 Å². The largest absolute Gasteiger partial charge is 0.382 e. The monoisotopic (exact) mass is 228 g/mol. The Labute approximate surface area is 90.4 Å². The standard InChI is InChI=1S/C10H16N2O2S/c1-8(11)7-12-9-5-3-4-6-10(9)15(2,13)14/h3-6,8,12H,7,11H2,1-2H3. The number of nitrogens with one attached hydrogen (secondary N) is 1. The first-order valence-electron chi connectivity index (χ1n) is 4.70. The molecular formula is C10H16N2O2S. The third-order valence-electron chi connectivity index (χ3n) is 1.90. The average Bonchev–Trinajstić information content (AvgIpc) is 2.13. The Balaban J connectivity index is 2.98. The second-order valence-electron chi connectivity index (χ2n) is 3.63. The summed E-state index contributed by atoms with van der Waals surface area (Å²) in [5.74, 6) is 0. The predicted octanol–water partition coefficient (Wildman–Crippen LogP) is 0.849. The Hall–Kier alpha value is -1.07. The molecule has 0 aliphatic carbocycles. The van der Waals surface area contributed by atoms with Gasteiger partial charge in [-0.25, -0.2) is 8.42 Å². The third-order valence-corrected chi connectivity index (χ3v) is 3.06. The molecule has 15 heavy (non-hydrogen) atoms. The van der Waals surface area contributed by atoms with Crippen LogP contribution in [0.3, 0.4) is 0 Å². The van der Waals surface area contributed by atoms with E-state index in [0.29, 0.717) is 17.1 Å².